The topological polar surface area (TPSA) is 78.9 Å². The van der Waals surface area contributed by atoms with Crippen molar-refractivity contribution >= 4 is 15.9 Å². The molecular formula is C18H18O6S. The van der Waals surface area contributed by atoms with Crippen LogP contribution in [0.25, 0.3) is 0 Å². The molecule has 1 atom stereocenters. The maximum atomic E-state index is 12.2. The summed E-state index contributed by atoms with van der Waals surface area (Å²) in [5.41, 5.74) is 1.49. The summed E-state index contributed by atoms with van der Waals surface area (Å²) in [6.45, 7) is 3.32. The van der Waals surface area contributed by atoms with Crippen LogP contribution in [-0.4, -0.2) is 33.5 Å². The quantitative estimate of drug-likeness (QED) is 0.601. The van der Waals surface area contributed by atoms with Crippen LogP contribution in [0.4, 0.5) is 0 Å². The van der Waals surface area contributed by atoms with E-state index in [2.05, 4.69) is 0 Å². The Hall–Kier alpha value is -2.38. The van der Waals surface area contributed by atoms with Gasteiger partial charge in [0.25, 0.3) is 10.1 Å². The molecule has 0 aliphatic carbocycles. The number of fused-ring (bicyclic) bond motifs is 1. The minimum Gasteiger partial charge on any atom is -0.486 e. The van der Waals surface area contributed by atoms with Crippen LogP contribution in [-0.2, 0) is 14.3 Å². The molecule has 0 saturated carbocycles. The SMILES string of the molecule is CC(=O)c1ccc2c(c1)OCC(COS(=O)(=O)c1ccc(C)cc1)O2. The fourth-order valence-electron chi connectivity index (χ4n) is 2.35. The molecule has 25 heavy (non-hydrogen) atoms. The predicted molar refractivity (Wildman–Crippen MR) is 90.7 cm³/mol. The Morgan fingerprint density at radius 3 is 2.56 bits per heavy atom. The van der Waals surface area contributed by atoms with Crippen LogP contribution in [0, 0.1) is 6.92 Å². The van der Waals surface area contributed by atoms with Crippen LogP contribution in [0.1, 0.15) is 22.8 Å². The third-order valence-corrected chi connectivity index (χ3v) is 5.08. The van der Waals surface area contributed by atoms with Gasteiger partial charge >= 0.3 is 0 Å². The van der Waals surface area contributed by atoms with Gasteiger partial charge < -0.3 is 9.47 Å². The molecule has 1 heterocycles. The van der Waals surface area contributed by atoms with Crippen molar-refractivity contribution in [2.45, 2.75) is 24.8 Å². The van der Waals surface area contributed by atoms with E-state index in [-0.39, 0.29) is 23.9 Å². The number of ether oxygens (including phenoxy) is 2. The highest BCUT2D eigenvalue weighted by atomic mass is 32.2. The van der Waals surface area contributed by atoms with Crippen LogP contribution in [0.5, 0.6) is 11.5 Å². The van der Waals surface area contributed by atoms with Crippen molar-refractivity contribution in [2.75, 3.05) is 13.2 Å². The van der Waals surface area contributed by atoms with Crippen molar-refractivity contribution < 1.29 is 26.9 Å². The van der Waals surface area contributed by atoms with E-state index in [9.17, 15) is 13.2 Å². The van der Waals surface area contributed by atoms with Gasteiger partial charge in [-0.15, -0.1) is 0 Å². The average Bonchev–Trinajstić information content (AvgIpc) is 2.59. The second kappa shape index (κ2) is 6.85. The Balaban J connectivity index is 1.65. The van der Waals surface area contributed by atoms with Crippen LogP contribution in [0.15, 0.2) is 47.4 Å². The second-order valence-electron chi connectivity index (χ2n) is 5.82. The molecule has 2 aromatic carbocycles. The highest BCUT2D eigenvalue weighted by Crippen LogP contribution is 2.33. The molecule has 0 spiro atoms. The van der Waals surface area contributed by atoms with Crippen LogP contribution < -0.4 is 9.47 Å². The van der Waals surface area contributed by atoms with Gasteiger partial charge in [0.15, 0.2) is 23.4 Å². The minimum atomic E-state index is -3.85. The standard InChI is InChI=1S/C18H18O6S/c1-12-3-6-16(7-4-12)25(20,21)23-11-15-10-22-18-9-14(13(2)19)5-8-17(18)24-15/h3-9,15H,10-11H2,1-2H3. The maximum absolute atomic E-state index is 12.2. The summed E-state index contributed by atoms with van der Waals surface area (Å²) in [6, 6.07) is 11.3. The van der Waals surface area contributed by atoms with Crippen molar-refractivity contribution in [3.05, 3.63) is 53.6 Å². The fourth-order valence-corrected chi connectivity index (χ4v) is 3.29. The summed E-state index contributed by atoms with van der Waals surface area (Å²) in [6.07, 6.45) is -0.559. The largest absolute Gasteiger partial charge is 0.486 e. The van der Waals surface area contributed by atoms with Crippen molar-refractivity contribution in [3.63, 3.8) is 0 Å². The zero-order valence-corrected chi connectivity index (χ0v) is 14.7. The first-order valence-electron chi connectivity index (χ1n) is 7.76. The zero-order chi connectivity index (χ0) is 18.0. The molecule has 132 valence electrons. The number of hydrogen-bond acceptors (Lipinski definition) is 6. The molecule has 2 aromatic rings. The number of ketones is 1. The lowest BCUT2D eigenvalue weighted by Crippen LogP contribution is -2.34. The summed E-state index contributed by atoms with van der Waals surface area (Å²) in [5.74, 6) is 0.851. The summed E-state index contributed by atoms with van der Waals surface area (Å²) in [4.78, 5) is 11.5. The number of aryl methyl sites for hydroxylation is 1. The molecule has 1 aliphatic heterocycles. The number of hydrogen-bond donors (Lipinski definition) is 0. The highest BCUT2D eigenvalue weighted by Gasteiger charge is 2.25. The lowest BCUT2D eigenvalue weighted by atomic mass is 10.1. The molecule has 7 heteroatoms. The molecule has 0 N–H and O–H groups in total. The van der Waals surface area contributed by atoms with Gasteiger partial charge in [-0.3, -0.25) is 8.98 Å². The molecule has 1 unspecified atom stereocenters. The third kappa shape index (κ3) is 4.00. The van der Waals surface area contributed by atoms with E-state index in [1.807, 2.05) is 6.92 Å². The molecule has 0 amide bonds. The van der Waals surface area contributed by atoms with E-state index in [0.717, 1.165) is 5.56 Å². The number of carbonyl (C=O) groups excluding carboxylic acids is 1. The fraction of sp³-hybridized carbons (Fsp3) is 0.278. The number of Topliss-reactive ketones (excluding diaryl/α,β-unsaturated/α-hetero) is 1. The Morgan fingerprint density at radius 1 is 1.16 bits per heavy atom. The van der Waals surface area contributed by atoms with E-state index >= 15 is 0 Å². The van der Waals surface area contributed by atoms with Crippen molar-refractivity contribution in [2.24, 2.45) is 0 Å². The van der Waals surface area contributed by atoms with Crippen molar-refractivity contribution in [1.29, 1.82) is 0 Å². The Kier molecular flexibility index (Phi) is 4.78. The first-order valence-corrected chi connectivity index (χ1v) is 9.16. The number of rotatable bonds is 5. The smallest absolute Gasteiger partial charge is 0.297 e. The molecule has 0 saturated heterocycles. The maximum Gasteiger partial charge on any atom is 0.297 e. The molecule has 6 nitrogen and oxygen atoms in total. The molecule has 3 rings (SSSR count). The zero-order valence-electron chi connectivity index (χ0n) is 13.9. The Labute approximate surface area is 146 Å². The molecular weight excluding hydrogens is 344 g/mol. The van der Waals surface area contributed by atoms with Gasteiger partial charge in [0.2, 0.25) is 0 Å². The average molecular weight is 362 g/mol. The monoisotopic (exact) mass is 362 g/mol. The summed E-state index contributed by atoms with van der Waals surface area (Å²) < 4.78 is 40.7. The van der Waals surface area contributed by atoms with E-state index in [1.165, 1.54) is 19.1 Å². The van der Waals surface area contributed by atoms with Gasteiger partial charge in [-0.25, -0.2) is 0 Å². The Morgan fingerprint density at radius 2 is 1.88 bits per heavy atom. The van der Waals surface area contributed by atoms with Crippen molar-refractivity contribution in [1.82, 2.24) is 0 Å². The molecule has 0 bridgehead atoms. The summed E-state index contributed by atoms with van der Waals surface area (Å²) in [5, 5.41) is 0. The first kappa shape index (κ1) is 17.4. The molecule has 1 aliphatic rings. The second-order valence-corrected chi connectivity index (χ2v) is 7.44. The van der Waals surface area contributed by atoms with Gasteiger partial charge in [0.1, 0.15) is 13.2 Å². The number of carbonyl (C=O) groups is 1. The van der Waals surface area contributed by atoms with Gasteiger partial charge in [0.05, 0.1) is 4.90 Å². The first-order chi connectivity index (χ1) is 11.8. The van der Waals surface area contributed by atoms with Gasteiger partial charge in [-0.1, -0.05) is 17.7 Å². The van der Waals surface area contributed by atoms with E-state index in [0.29, 0.717) is 17.1 Å². The Bertz CT molecular complexity index is 886. The van der Waals surface area contributed by atoms with Crippen LogP contribution in [0.2, 0.25) is 0 Å². The van der Waals surface area contributed by atoms with E-state index < -0.39 is 16.2 Å². The molecule has 0 radical (unpaired) electrons. The van der Waals surface area contributed by atoms with Crippen molar-refractivity contribution in [3.8, 4) is 11.5 Å². The lowest BCUT2D eigenvalue weighted by molar-refractivity contribution is 0.0553. The van der Waals surface area contributed by atoms with Crippen LogP contribution in [0.3, 0.4) is 0 Å². The number of benzene rings is 2. The minimum absolute atomic E-state index is 0.0685. The third-order valence-electron chi connectivity index (χ3n) is 3.79. The highest BCUT2D eigenvalue weighted by molar-refractivity contribution is 7.86. The van der Waals surface area contributed by atoms with Gasteiger partial charge in [-0.05, 0) is 44.2 Å². The van der Waals surface area contributed by atoms with E-state index in [1.54, 1.807) is 30.3 Å². The molecule has 0 fully saturated rings. The van der Waals surface area contributed by atoms with Crippen LogP contribution >= 0.6 is 0 Å². The predicted octanol–water partition coefficient (Wildman–Crippen LogP) is 2.74. The van der Waals surface area contributed by atoms with E-state index in [4.69, 9.17) is 13.7 Å². The van der Waals surface area contributed by atoms with Gasteiger partial charge in [0, 0.05) is 5.56 Å². The normalized spacial score (nSPS) is 16.5. The molecule has 0 aromatic heterocycles. The lowest BCUT2D eigenvalue weighted by Gasteiger charge is -2.26. The summed E-state index contributed by atoms with van der Waals surface area (Å²) in [7, 11) is -3.85. The summed E-state index contributed by atoms with van der Waals surface area (Å²) >= 11 is 0. The van der Waals surface area contributed by atoms with Gasteiger partial charge in [-0.2, -0.15) is 8.42 Å².